The summed E-state index contributed by atoms with van der Waals surface area (Å²) in [5, 5.41) is 12.0. The van der Waals surface area contributed by atoms with Crippen molar-refractivity contribution in [1.82, 2.24) is 0 Å². The first-order chi connectivity index (χ1) is 30.1. The van der Waals surface area contributed by atoms with Crippen LogP contribution in [-0.4, -0.2) is 94.0 Å². The maximum Gasteiger partial charge on any atom is 0.187 e. The van der Waals surface area contributed by atoms with Crippen LogP contribution in [0.4, 0.5) is 0 Å². The lowest BCUT2D eigenvalue weighted by Crippen LogP contribution is -2.64. The second-order valence-electron chi connectivity index (χ2n) is 15.2. The fourth-order valence-electron chi connectivity index (χ4n) is 7.83. The molecule has 61 heavy (non-hydrogen) atoms. The third-order valence-electron chi connectivity index (χ3n) is 11.1. The molecule has 0 bridgehead atoms. The Bertz CT molecular complexity index is 2010. The van der Waals surface area contributed by atoms with E-state index in [1.54, 1.807) is 14.2 Å². The van der Waals surface area contributed by atoms with E-state index in [-0.39, 0.29) is 33.0 Å². The summed E-state index contributed by atoms with van der Waals surface area (Å²) in [5.74, 6) is 0.723. The van der Waals surface area contributed by atoms with Crippen molar-refractivity contribution in [2.75, 3.05) is 27.4 Å². The predicted molar refractivity (Wildman–Crippen MR) is 223 cm³/mol. The van der Waals surface area contributed by atoms with E-state index in [0.717, 1.165) is 33.6 Å². The number of aliphatic hydroxyl groups excluding tert-OH is 1. The molecule has 3 saturated heterocycles. The highest BCUT2D eigenvalue weighted by Crippen LogP contribution is 2.37. The number of ether oxygens (including phenoxy) is 11. The molecule has 11 atom stereocenters. The second-order valence-corrected chi connectivity index (χ2v) is 15.2. The molecular weight excluding hydrogens is 781 g/mol. The average molecular weight is 835 g/mol. The zero-order valence-electron chi connectivity index (χ0n) is 34.4. The Morgan fingerprint density at radius 3 is 1.57 bits per heavy atom. The summed E-state index contributed by atoms with van der Waals surface area (Å²) in [5.41, 5.74) is 4.66. The number of fused-ring (bicyclic) bond motifs is 1. The van der Waals surface area contributed by atoms with Gasteiger partial charge in [-0.1, -0.05) is 133 Å². The van der Waals surface area contributed by atoms with Gasteiger partial charge in [0.15, 0.2) is 18.9 Å². The Labute approximate surface area is 357 Å². The molecule has 3 aliphatic heterocycles. The highest BCUT2D eigenvalue weighted by Gasteiger charge is 2.53. The van der Waals surface area contributed by atoms with E-state index in [4.69, 9.17) is 52.1 Å². The van der Waals surface area contributed by atoms with Gasteiger partial charge in [-0.15, -0.1) is 0 Å². The lowest BCUT2D eigenvalue weighted by Gasteiger charge is -2.48. The molecular formula is C49H54O12. The van der Waals surface area contributed by atoms with Crippen LogP contribution in [0.5, 0.6) is 5.75 Å². The molecule has 1 N–H and O–H groups in total. The van der Waals surface area contributed by atoms with Crippen molar-refractivity contribution >= 4 is 0 Å². The lowest BCUT2D eigenvalue weighted by atomic mass is 9.96. The highest BCUT2D eigenvalue weighted by atomic mass is 16.8. The number of benzene rings is 5. The molecule has 3 aliphatic rings. The minimum Gasteiger partial charge on any atom is -0.497 e. The van der Waals surface area contributed by atoms with E-state index in [1.165, 1.54) is 0 Å². The molecule has 12 heteroatoms. The summed E-state index contributed by atoms with van der Waals surface area (Å²) < 4.78 is 70.4. The quantitative estimate of drug-likeness (QED) is 0.0987. The van der Waals surface area contributed by atoms with Gasteiger partial charge in [0.1, 0.15) is 54.6 Å². The van der Waals surface area contributed by atoms with Gasteiger partial charge in [0.05, 0.1) is 46.8 Å². The molecule has 5 aromatic carbocycles. The van der Waals surface area contributed by atoms with Crippen molar-refractivity contribution in [2.24, 2.45) is 0 Å². The zero-order valence-corrected chi connectivity index (χ0v) is 34.4. The normalized spacial score (nSPS) is 28.8. The summed E-state index contributed by atoms with van der Waals surface area (Å²) >= 11 is 0. The third kappa shape index (κ3) is 11.1. The molecule has 0 radical (unpaired) electrons. The van der Waals surface area contributed by atoms with E-state index in [2.05, 4.69) is 0 Å². The Kier molecular flexibility index (Phi) is 15.2. The van der Waals surface area contributed by atoms with Gasteiger partial charge in [-0.05, 0) is 34.4 Å². The van der Waals surface area contributed by atoms with Crippen LogP contribution in [0, 0.1) is 0 Å². The van der Waals surface area contributed by atoms with Crippen molar-refractivity contribution in [3.05, 3.63) is 173 Å². The average Bonchev–Trinajstić information content (AvgIpc) is 3.32. The summed E-state index contributed by atoms with van der Waals surface area (Å²) in [6.45, 7) is 1.14. The molecule has 8 rings (SSSR count). The minimum atomic E-state index is -1.14. The van der Waals surface area contributed by atoms with Crippen LogP contribution in [0.25, 0.3) is 0 Å². The largest absolute Gasteiger partial charge is 0.497 e. The maximum absolute atomic E-state index is 12.0. The Morgan fingerprint density at radius 2 is 1.02 bits per heavy atom. The van der Waals surface area contributed by atoms with Crippen LogP contribution in [0.15, 0.2) is 146 Å². The Balaban J connectivity index is 1.05. The maximum atomic E-state index is 12.0. The van der Waals surface area contributed by atoms with Gasteiger partial charge in [0.25, 0.3) is 0 Å². The topological polar surface area (TPSA) is 122 Å². The van der Waals surface area contributed by atoms with E-state index >= 15 is 0 Å². The lowest BCUT2D eigenvalue weighted by molar-refractivity contribution is -0.375. The van der Waals surface area contributed by atoms with E-state index in [9.17, 15) is 5.11 Å². The van der Waals surface area contributed by atoms with Gasteiger partial charge in [-0.3, -0.25) is 0 Å². The monoisotopic (exact) mass is 834 g/mol. The van der Waals surface area contributed by atoms with Crippen molar-refractivity contribution in [3.8, 4) is 5.75 Å². The summed E-state index contributed by atoms with van der Waals surface area (Å²) in [6, 6.07) is 46.9. The van der Waals surface area contributed by atoms with E-state index in [1.807, 2.05) is 146 Å². The molecule has 3 fully saturated rings. The van der Waals surface area contributed by atoms with Crippen molar-refractivity contribution in [3.63, 3.8) is 0 Å². The second kappa shape index (κ2) is 21.5. The molecule has 322 valence electrons. The summed E-state index contributed by atoms with van der Waals surface area (Å²) in [4.78, 5) is 0. The fraction of sp³-hybridized carbons (Fsp3) is 0.388. The first kappa shape index (κ1) is 43.1. The first-order valence-electron chi connectivity index (χ1n) is 20.7. The van der Waals surface area contributed by atoms with E-state index < -0.39 is 67.7 Å². The third-order valence-corrected chi connectivity index (χ3v) is 11.1. The number of aliphatic hydroxyl groups is 1. The minimum absolute atomic E-state index is 0.0402. The molecule has 3 heterocycles. The molecule has 0 aliphatic carbocycles. The number of rotatable bonds is 18. The number of methoxy groups -OCH3 is 2. The Morgan fingerprint density at radius 1 is 0.508 bits per heavy atom. The predicted octanol–water partition coefficient (Wildman–Crippen LogP) is 6.92. The van der Waals surface area contributed by atoms with Gasteiger partial charge in [-0.25, -0.2) is 0 Å². The van der Waals surface area contributed by atoms with Gasteiger partial charge in [0, 0.05) is 12.7 Å². The van der Waals surface area contributed by atoms with Crippen molar-refractivity contribution in [1.29, 1.82) is 0 Å². The molecule has 0 aromatic heterocycles. The van der Waals surface area contributed by atoms with Crippen LogP contribution in [0.2, 0.25) is 0 Å². The zero-order chi connectivity index (χ0) is 41.8. The summed E-state index contributed by atoms with van der Waals surface area (Å²) in [6.07, 6.45) is -8.90. The van der Waals surface area contributed by atoms with Gasteiger partial charge < -0.3 is 57.2 Å². The van der Waals surface area contributed by atoms with Crippen LogP contribution < -0.4 is 4.74 Å². The molecule has 12 nitrogen and oxygen atoms in total. The van der Waals surface area contributed by atoms with Crippen LogP contribution >= 0.6 is 0 Å². The van der Waals surface area contributed by atoms with E-state index in [0.29, 0.717) is 6.61 Å². The van der Waals surface area contributed by atoms with Gasteiger partial charge in [-0.2, -0.15) is 0 Å². The molecule has 0 unspecified atom stereocenters. The summed E-state index contributed by atoms with van der Waals surface area (Å²) in [7, 11) is 3.20. The Hall–Kier alpha value is -4.54. The van der Waals surface area contributed by atoms with Crippen molar-refractivity contribution in [2.45, 2.75) is 94.1 Å². The number of hydrogen-bond acceptors (Lipinski definition) is 12. The smallest absolute Gasteiger partial charge is 0.187 e. The molecule has 0 saturated carbocycles. The molecule has 0 spiro atoms. The molecule has 0 amide bonds. The fourth-order valence-corrected chi connectivity index (χ4v) is 7.83. The van der Waals surface area contributed by atoms with Crippen molar-refractivity contribution < 1.29 is 57.2 Å². The standard InChI is InChI=1S/C49H54O12/c1-51-38-25-23-36(24-26-38)30-54-44-41(50)42-39(31-57-47(61-42)37-21-13-6-14-22-37)60-49(44)58-32-40-43(53-27-33-15-7-3-8-16-33)45(55-28-34-17-9-4-10-18-34)46(48(52-2)59-40)56-29-35-19-11-5-12-20-35/h3-26,39-50H,27-32H2,1-2H3/t39-,40-,41+,42-,43-,44+,45+,46-,47-,48+,49-/m1/s1. The highest BCUT2D eigenvalue weighted by molar-refractivity contribution is 5.27. The first-order valence-corrected chi connectivity index (χ1v) is 20.7. The van der Waals surface area contributed by atoms with Crippen LogP contribution in [0.3, 0.4) is 0 Å². The van der Waals surface area contributed by atoms with Crippen LogP contribution in [0.1, 0.15) is 34.1 Å². The SMILES string of the molecule is COc1ccc(CO[C@@H]2[C@H](OC[C@H]3O[C@H](OC)[C@H](OCc4ccccc4)[C@@H](OCc4ccccc4)[C@@H]3OCc3ccccc3)O[C@@H]3CO[C@@H](c4ccccc4)O[C@H]3[C@@H]2O)cc1. The molecule has 5 aromatic rings. The van der Waals surface area contributed by atoms with Gasteiger partial charge in [0.2, 0.25) is 0 Å². The van der Waals surface area contributed by atoms with Crippen LogP contribution in [-0.2, 0) is 73.8 Å². The van der Waals surface area contributed by atoms with Gasteiger partial charge >= 0.3 is 0 Å². The number of hydrogen-bond donors (Lipinski definition) is 1.